The molecule has 3 heterocycles. The van der Waals surface area contributed by atoms with Gasteiger partial charge in [0.25, 0.3) is 0 Å². The van der Waals surface area contributed by atoms with Gasteiger partial charge in [-0.1, -0.05) is 42.5 Å². The van der Waals surface area contributed by atoms with Crippen molar-refractivity contribution in [1.29, 1.82) is 5.26 Å². The predicted molar refractivity (Wildman–Crippen MR) is 121 cm³/mol. The number of benzene rings is 1. The molecule has 4 rings (SSSR count). The van der Waals surface area contributed by atoms with Gasteiger partial charge in [0.05, 0.1) is 34.2 Å². The SMILES string of the molecule is C=CC(=O)Nc1cccc(/C=C/c2cc(-c3cnn(C)c3)cn3ncc(C#N)c23)c1Cl. The third kappa shape index (κ3) is 3.97. The Morgan fingerprint density at radius 1 is 1.19 bits per heavy atom. The van der Waals surface area contributed by atoms with E-state index in [4.69, 9.17) is 11.6 Å². The highest BCUT2D eigenvalue weighted by Gasteiger charge is 2.12. The molecule has 0 bridgehead atoms. The normalized spacial score (nSPS) is 11.0. The first-order valence-corrected chi connectivity index (χ1v) is 9.68. The third-order valence-corrected chi connectivity index (χ3v) is 5.14. The number of anilines is 1. The Morgan fingerprint density at radius 2 is 2.00 bits per heavy atom. The summed E-state index contributed by atoms with van der Waals surface area (Å²) in [6.07, 6.45) is 12.0. The standard InChI is InChI=1S/C23H17ClN6O/c1-3-21(31)28-20-6-4-5-15(22(20)24)7-8-16-9-17(19-12-26-29(2)13-19)14-30-23(16)18(10-25)11-27-30/h3-9,11-14H,1H2,2H3,(H,28,31)/b8-7+. The number of hydrogen-bond donors (Lipinski definition) is 1. The van der Waals surface area contributed by atoms with Crippen LogP contribution in [0.1, 0.15) is 16.7 Å². The van der Waals surface area contributed by atoms with Crippen LogP contribution in [0.25, 0.3) is 28.8 Å². The van der Waals surface area contributed by atoms with E-state index in [1.165, 1.54) is 12.3 Å². The van der Waals surface area contributed by atoms with Gasteiger partial charge < -0.3 is 5.32 Å². The van der Waals surface area contributed by atoms with Crippen LogP contribution in [-0.2, 0) is 11.8 Å². The molecule has 152 valence electrons. The van der Waals surface area contributed by atoms with E-state index in [0.717, 1.165) is 16.7 Å². The lowest BCUT2D eigenvalue weighted by Gasteiger charge is -2.08. The highest BCUT2D eigenvalue weighted by atomic mass is 35.5. The molecule has 8 heteroatoms. The number of pyridine rings is 1. The number of hydrogen-bond acceptors (Lipinski definition) is 4. The van der Waals surface area contributed by atoms with Crippen molar-refractivity contribution in [1.82, 2.24) is 19.4 Å². The largest absolute Gasteiger partial charge is 0.321 e. The smallest absolute Gasteiger partial charge is 0.247 e. The molecule has 0 aliphatic rings. The molecule has 0 saturated carbocycles. The van der Waals surface area contributed by atoms with Crippen LogP contribution in [0.2, 0.25) is 5.02 Å². The van der Waals surface area contributed by atoms with Crippen molar-refractivity contribution >= 4 is 40.9 Å². The molecule has 0 radical (unpaired) electrons. The Balaban J connectivity index is 1.81. The maximum Gasteiger partial charge on any atom is 0.247 e. The van der Waals surface area contributed by atoms with E-state index in [-0.39, 0.29) is 5.91 Å². The molecular formula is C23H17ClN6O. The number of amides is 1. The first-order valence-electron chi connectivity index (χ1n) is 9.30. The van der Waals surface area contributed by atoms with Gasteiger partial charge in [0.15, 0.2) is 0 Å². The molecule has 1 amide bonds. The molecule has 1 N–H and O–H groups in total. The zero-order chi connectivity index (χ0) is 22.0. The quantitative estimate of drug-likeness (QED) is 0.472. The number of halogens is 1. The number of rotatable bonds is 5. The average Bonchev–Trinajstić information content (AvgIpc) is 3.39. The van der Waals surface area contributed by atoms with Crippen molar-refractivity contribution in [3.05, 3.63) is 83.4 Å². The number of nitriles is 1. The van der Waals surface area contributed by atoms with Gasteiger partial charge in [0.1, 0.15) is 6.07 Å². The van der Waals surface area contributed by atoms with Crippen LogP contribution >= 0.6 is 11.6 Å². The van der Waals surface area contributed by atoms with Gasteiger partial charge in [-0.3, -0.25) is 9.48 Å². The first-order chi connectivity index (χ1) is 15.0. The number of carbonyl (C=O) groups is 1. The van der Waals surface area contributed by atoms with Crippen LogP contribution in [0, 0.1) is 11.3 Å². The lowest BCUT2D eigenvalue weighted by atomic mass is 10.0. The van der Waals surface area contributed by atoms with E-state index in [1.54, 1.807) is 27.5 Å². The minimum absolute atomic E-state index is 0.341. The monoisotopic (exact) mass is 428 g/mol. The van der Waals surface area contributed by atoms with Crippen molar-refractivity contribution in [3.8, 4) is 17.2 Å². The number of aromatic nitrogens is 4. The van der Waals surface area contributed by atoms with E-state index in [0.29, 0.717) is 27.4 Å². The molecule has 0 unspecified atom stereocenters. The molecule has 1 aromatic carbocycles. The van der Waals surface area contributed by atoms with E-state index < -0.39 is 0 Å². The Hall–Kier alpha value is -4.15. The van der Waals surface area contributed by atoms with Crippen LogP contribution in [0.5, 0.6) is 0 Å². The molecule has 0 aliphatic carbocycles. The zero-order valence-electron chi connectivity index (χ0n) is 16.6. The third-order valence-electron chi connectivity index (χ3n) is 4.71. The molecule has 0 spiro atoms. The van der Waals surface area contributed by atoms with Gasteiger partial charge in [0, 0.05) is 36.1 Å². The average molecular weight is 429 g/mol. The van der Waals surface area contributed by atoms with E-state index in [9.17, 15) is 10.1 Å². The van der Waals surface area contributed by atoms with Crippen LogP contribution in [0.3, 0.4) is 0 Å². The second kappa shape index (κ2) is 8.30. The maximum absolute atomic E-state index is 11.6. The van der Waals surface area contributed by atoms with Crippen molar-refractivity contribution < 1.29 is 4.79 Å². The lowest BCUT2D eigenvalue weighted by Crippen LogP contribution is -2.07. The summed E-state index contributed by atoms with van der Waals surface area (Å²) in [6.45, 7) is 3.45. The fourth-order valence-electron chi connectivity index (χ4n) is 3.23. The van der Waals surface area contributed by atoms with Gasteiger partial charge in [-0.2, -0.15) is 15.5 Å². The first kappa shape index (κ1) is 20.1. The second-order valence-corrected chi connectivity index (χ2v) is 7.16. The molecule has 0 aliphatic heterocycles. The van der Waals surface area contributed by atoms with E-state index in [1.807, 2.05) is 43.7 Å². The molecular weight excluding hydrogens is 412 g/mol. The van der Waals surface area contributed by atoms with Crippen molar-refractivity contribution in [2.24, 2.45) is 7.05 Å². The summed E-state index contributed by atoms with van der Waals surface area (Å²) < 4.78 is 3.41. The van der Waals surface area contributed by atoms with Crippen LogP contribution in [0.4, 0.5) is 5.69 Å². The molecule has 7 nitrogen and oxygen atoms in total. The molecule has 4 aromatic rings. The van der Waals surface area contributed by atoms with Gasteiger partial charge in [-0.05, 0) is 23.8 Å². The van der Waals surface area contributed by atoms with Gasteiger partial charge in [0.2, 0.25) is 5.91 Å². The zero-order valence-corrected chi connectivity index (χ0v) is 17.3. The summed E-state index contributed by atoms with van der Waals surface area (Å²) >= 11 is 6.48. The van der Waals surface area contributed by atoms with Crippen molar-refractivity contribution in [2.75, 3.05) is 5.32 Å². The summed E-state index contributed by atoms with van der Waals surface area (Å²) in [5, 5.41) is 21.1. The number of nitrogens with zero attached hydrogens (tertiary/aromatic N) is 5. The van der Waals surface area contributed by atoms with Crippen LogP contribution < -0.4 is 5.32 Å². The molecule has 3 aromatic heterocycles. The minimum Gasteiger partial charge on any atom is -0.321 e. The predicted octanol–water partition coefficient (Wildman–Crippen LogP) is 4.55. The summed E-state index contributed by atoms with van der Waals surface area (Å²) in [5.74, 6) is -0.341. The fraction of sp³-hybridized carbons (Fsp3) is 0.0435. The Kier molecular flexibility index (Phi) is 5.39. The number of fused-ring (bicyclic) bond motifs is 1. The van der Waals surface area contributed by atoms with Crippen LogP contribution in [-0.4, -0.2) is 25.3 Å². The Morgan fingerprint density at radius 3 is 2.71 bits per heavy atom. The molecule has 31 heavy (non-hydrogen) atoms. The maximum atomic E-state index is 11.6. The summed E-state index contributed by atoms with van der Waals surface area (Å²) in [7, 11) is 1.85. The number of aryl methyl sites for hydroxylation is 1. The number of nitrogens with one attached hydrogen (secondary N) is 1. The van der Waals surface area contributed by atoms with E-state index in [2.05, 4.69) is 28.2 Å². The van der Waals surface area contributed by atoms with E-state index >= 15 is 0 Å². The van der Waals surface area contributed by atoms with Gasteiger partial charge >= 0.3 is 0 Å². The highest BCUT2D eigenvalue weighted by Crippen LogP contribution is 2.30. The highest BCUT2D eigenvalue weighted by molar-refractivity contribution is 6.35. The molecule has 0 fully saturated rings. The number of carbonyl (C=O) groups excluding carboxylic acids is 1. The fourth-order valence-corrected chi connectivity index (χ4v) is 3.46. The lowest BCUT2D eigenvalue weighted by molar-refractivity contribution is -0.111. The summed E-state index contributed by atoms with van der Waals surface area (Å²) in [6, 6.07) is 9.51. The summed E-state index contributed by atoms with van der Waals surface area (Å²) in [5.41, 5.74) is 5.00. The second-order valence-electron chi connectivity index (χ2n) is 6.79. The van der Waals surface area contributed by atoms with Gasteiger partial charge in [-0.15, -0.1) is 0 Å². The van der Waals surface area contributed by atoms with Gasteiger partial charge in [-0.25, -0.2) is 4.52 Å². The Bertz CT molecular complexity index is 1390. The van der Waals surface area contributed by atoms with Crippen molar-refractivity contribution in [2.45, 2.75) is 0 Å². The van der Waals surface area contributed by atoms with Crippen molar-refractivity contribution in [3.63, 3.8) is 0 Å². The molecule has 0 atom stereocenters. The minimum atomic E-state index is -0.341. The molecule has 0 saturated heterocycles. The summed E-state index contributed by atoms with van der Waals surface area (Å²) in [4.78, 5) is 11.6. The van der Waals surface area contributed by atoms with Crippen LogP contribution in [0.15, 0.2) is 61.7 Å². The topological polar surface area (TPSA) is 88.0 Å². The Labute approximate surface area is 183 Å².